The molecular formula is C16H15NS. The van der Waals surface area contributed by atoms with Crippen molar-refractivity contribution in [3.05, 3.63) is 64.7 Å². The van der Waals surface area contributed by atoms with E-state index in [1.807, 2.05) is 30.0 Å². The van der Waals surface area contributed by atoms with Crippen LogP contribution in [0.1, 0.15) is 22.3 Å². The highest BCUT2D eigenvalue weighted by molar-refractivity contribution is 7.98. The summed E-state index contributed by atoms with van der Waals surface area (Å²) in [5, 5.41) is 8.87. The van der Waals surface area contributed by atoms with Crippen molar-refractivity contribution in [2.24, 2.45) is 0 Å². The monoisotopic (exact) mass is 253 g/mol. The van der Waals surface area contributed by atoms with Crippen molar-refractivity contribution < 1.29 is 0 Å². The van der Waals surface area contributed by atoms with Crippen LogP contribution in [-0.4, -0.2) is 0 Å². The summed E-state index contributed by atoms with van der Waals surface area (Å²) in [5.74, 6) is 0.902. The van der Waals surface area contributed by atoms with Crippen LogP contribution in [-0.2, 0) is 5.75 Å². The molecule has 0 aliphatic heterocycles. The smallest absolute Gasteiger partial charge is 0.0991 e. The molecule has 1 nitrogen and oxygen atoms in total. The van der Waals surface area contributed by atoms with E-state index in [9.17, 15) is 0 Å². The van der Waals surface area contributed by atoms with Crippen molar-refractivity contribution in [3.8, 4) is 6.07 Å². The van der Waals surface area contributed by atoms with Crippen molar-refractivity contribution >= 4 is 11.8 Å². The highest BCUT2D eigenvalue weighted by atomic mass is 32.2. The number of nitriles is 1. The van der Waals surface area contributed by atoms with Crippen LogP contribution in [0, 0.1) is 25.2 Å². The van der Waals surface area contributed by atoms with Crippen molar-refractivity contribution in [2.45, 2.75) is 24.5 Å². The Bertz CT molecular complexity index is 596. The maximum atomic E-state index is 8.87. The predicted octanol–water partition coefficient (Wildman–Crippen LogP) is 4.47. The van der Waals surface area contributed by atoms with Gasteiger partial charge in [-0.1, -0.05) is 29.8 Å². The van der Waals surface area contributed by atoms with Gasteiger partial charge in [0, 0.05) is 10.6 Å². The molecule has 0 aliphatic rings. The second-order valence-corrected chi connectivity index (χ2v) is 5.39. The molecule has 0 saturated heterocycles. The molecule has 0 bridgehead atoms. The Morgan fingerprint density at radius 3 is 2.67 bits per heavy atom. The standard InChI is InChI=1S/C16H15NS/c1-12-6-7-16(13(2)8-12)18-11-15-5-3-4-14(9-15)10-17/h3-9H,11H2,1-2H3. The molecule has 2 aromatic rings. The highest BCUT2D eigenvalue weighted by Gasteiger charge is 2.01. The maximum absolute atomic E-state index is 8.87. The largest absolute Gasteiger partial charge is 0.192 e. The minimum atomic E-state index is 0.730. The van der Waals surface area contributed by atoms with Crippen LogP contribution in [0.15, 0.2) is 47.4 Å². The fourth-order valence-corrected chi connectivity index (χ4v) is 2.81. The normalized spacial score (nSPS) is 10.1. The van der Waals surface area contributed by atoms with Crippen LogP contribution in [0.3, 0.4) is 0 Å². The van der Waals surface area contributed by atoms with Crippen molar-refractivity contribution in [3.63, 3.8) is 0 Å². The third kappa shape index (κ3) is 3.15. The molecule has 0 amide bonds. The van der Waals surface area contributed by atoms with Gasteiger partial charge in [0.05, 0.1) is 11.6 Å². The van der Waals surface area contributed by atoms with Gasteiger partial charge >= 0.3 is 0 Å². The van der Waals surface area contributed by atoms with Gasteiger partial charge in [-0.15, -0.1) is 11.8 Å². The van der Waals surface area contributed by atoms with Crippen LogP contribution in [0.2, 0.25) is 0 Å². The van der Waals surface area contributed by atoms with E-state index < -0.39 is 0 Å². The Kier molecular flexibility index (Phi) is 4.07. The summed E-state index contributed by atoms with van der Waals surface area (Å²) >= 11 is 1.82. The van der Waals surface area contributed by atoms with Gasteiger partial charge in [-0.25, -0.2) is 0 Å². The number of hydrogen-bond acceptors (Lipinski definition) is 2. The lowest BCUT2D eigenvalue weighted by atomic mass is 10.2. The number of benzene rings is 2. The van der Waals surface area contributed by atoms with Crippen LogP contribution in [0.25, 0.3) is 0 Å². The molecule has 0 saturated carbocycles. The molecule has 0 radical (unpaired) electrons. The lowest BCUT2D eigenvalue weighted by molar-refractivity contribution is 1.25. The van der Waals surface area contributed by atoms with Gasteiger partial charge in [-0.2, -0.15) is 5.26 Å². The number of nitrogens with zero attached hydrogens (tertiary/aromatic N) is 1. The van der Waals surface area contributed by atoms with Gasteiger partial charge in [-0.3, -0.25) is 0 Å². The second kappa shape index (κ2) is 5.75. The van der Waals surface area contributed by atoms with E-state index in [4.69, 9.17) is 5.26 Å². The summed E-state index contributed by atoms with van der Waals surface area (Å²) in [6, 6.07) is 16.5. The minimum Gasteiger partial charge on any atom is -0.192 e. The molecule has 18 heavy (non-hydrogen) atoms. The topological polar surface area (TPSA) is 23.8 Å². The van der Waals surface area contributed by atoms with Gasteiger partial charge in [0.1, 0.15) is 0 Å². The fraction of sp³-hybridized carbons (Fsp3) is 0.188. The van der Waals surface area contributed by atoms with Crippen molar-refractivity contribution in [1.82, 2.24) is 0 Å². The highest BCUT2D eigenvalue weighted by Crippen LogP contribution is 2.26. The minimum absolute atomic E-state index is 0.730. The zero-order valence-electron chi connectivity index (χ0n) is 10.6. The van der Waals surface area contributed by atoms with Crippen LogP contribution in [0.4, 0.5) is 0 Å². The molecule has 2 aromatic carbocycles. The van der Waals surface area contributed by atoms with E-state index in [1.54, 1.807) is 0 Å². The summed E-state index contributed by atoms with van der Waals surface area (Å²) in [6.07, 6.45) is 0. The van der Waals surface area contributed by atoms with Crippen LogP contribution in [0.5, 0.6) is 0 Å². The summed E-state index contributed by atoms with van der Waals surface area (Å²) in [6.45, 7) is 4.25. The van der Waals surface area contributed by atoms with Crippen LogP contribution < -0.4 is 0 Å². The van der Waals surface area contributed by atoms with E-state index in [1.165, 1.54) is 21.6 Å². The SMILES string of the molecule is Cc1ccc(SCc2cccc(C#N)c2)c(C)c1. The molecule has 0 N–H and O–H groups in total. The van der Waals surface area contributed by atoms with E-state index in [-0.39, 0.29) is 0 Å². The Balaban J connectivity index is 2.09. The van der Waals surface area contributed by atoms with Gasteiger partial charge in [0.2, 0.25) is 0 Å². The molecule has 90 valence electrons. The van der Waals surface area contributed by atoms with E-state index >= 15 is 0 Å². The molecular weight excluding hydrogens is 238 g/mol. The number of hydrogen-bond donors (Lipinski definition) is 0. The maximum Gasteiger partial charge on any atom is 0.0991 e. The van der Waals surface area contributed by atoms with E-state index in [2.05, 4.69) is 44.2 Å². The summed E-state index contributed by atoms with van der Waals surface area (Å²) in [4.78, 5) is 1.31. The Morgan fingerprint density at radius 1 is 1.11 bits per heavy atom. The third-order valence-electron chi connectivity index (χ3n) is 2.78. The first-order chi connectivity index (χ1) is 8.69. The first-order valence-electron chi connectivity index (χ1n) is 5.88. The third-order valence-corrected chi connectivity index (χ3v) is 4.03. The van der Waals surface area contributed by atoms with E-state index in [0.717, 1.165) is 11.3 Å². The Morgan fingerprint density at radius 2 is 1.94 bits per heavy atom. The first kappa shape index (κ1) is 12.7. The molecule has 0 unspecified atom stereocenters. The molecule has 0 aromatic heterocycles. The van der Waals surface area contributed by atoms with Crippen molar-refractivity contribution in [1.29, 1.82) is 5.26 Å². The molecule has 0 fully saturated rings. The molecule has 2 rings (SSSR count). The first-order valence-corrected chi connectivity index (χ1v) is 6.86. The lowest BCUT2D eigenvalue weighted by Gasteiger charge is -2.06. The van der Waals surface area contributed by atoms with Crippen LogP contribution >= 0.6 is 11.8 Å². The number of aryl methyl sites for hydroxylation is 2. The van der Waals surface area contributed by atoms with Gasteiger partial charge in [0.25, 0.3) is 0 Å². The summed E-state index contributed by atoms with van der Waals surface area (Å²) < 4.78 is 0. The van der Waals surface area contributed by atoms with Gasteiger partial charge in [0.15, 0.2) is 0 Å². The summed E-state index contributed by atoms with van der Waals surface area (Å²) in [7, 11) is 0. The molecule has 0 spiro atoms. The number of rotatable bonds is 3. The Hall–Kier alpha value is -1.72. The lowest BCUT2D eigenvalue weighted by Crippen LogP contribution is -1.85. The zero-order valence-corrected chi connectivity index (χ0v) is 11.4. The van der Waals surface area contributed by atoms with Gasteiger partial charge < -0.3 is 0 Å². The summed E-state index contributed by atoms with van der Waals surface area (Å²) in [5.41, 5.74) is 4.53. The van der Waals surface area contributed by atoms with Crippen molar-refractivity contribution in [2.75, 3.05) is 0 Å². The Labute approximate surface area is 112 Å². The average molecular weight is 253 g/mol. The fourth-order valence-electron chi connectivity index (χ4n) is 1.85. The molecule has 0 heterocycles. The quantitative estimate of drug-likeness (QED) is 0.754. The zero-order chi connectivity index (χ0) is 13.0. The predicted molar refractivity (Wildman–Crippen MR) is 76.6 cm³/mol. The average Bonchev–Trinajstić information content (AvgIpc) is 2.38. The number of thioether (sulfide) groups is 1. The van der Waals surface area contributed by atoms with E-state index in [0.29, 0.717) is 0 Å². The van der Waals surface area contributed by atoms with Gasteiger partial charge in [-0.05, 0) is 43.2 Å². The molecule has 0 aliphatic carbocycles. The molecule has 0 atom stereocenters. The second-order valence-electron chi connectivity index (χ2n) is 4.37. The molecule has 2 heteroatoms.